The second-order valence-corrected chi connectivity index (χ2v) is 4.42. The fourth-order valence-electron chi connectivity index (χ4n) is 1.91. The normalized spacial score (nSPS) is 9.89. The predicted octanol–water partition coefficient (Wildman–Crippen LogP) is 3.64. The molecule has 0 aliphatic rings. The smallest absolute Gasteiger partial charge is 0.0670 e. The van der Waals surface area contributed by atoms with Crippen LogP contribution in [0.25, 0.3) is 0 Å². The third-order valence-corrected chi connectivity index (χ3v) is 3.06. The van der Waals surface area contributed by atoms with E-state index in [4.69, 9.17) is 11.0 Å². The van der Waals surface area contributed by atoms with Gasteiger partial charge in [-0.25, -0.2) is 0 Å². The molecule has 0 saturated heterocycles. The van der Waals surface area contributed by atoms with E-state index in [9.17, 15) is 0 Å². The Balaban J connectivity index is 2.18. The molecule has 0 saturated carbocycles. The molecule has 2 aromatic carbocycles. The molecule has 96 valence electrons. The van der Waals surface area contributed by atoms with Crippen LogP contribution in [0.3, 0.4) is 0 Å². The van der Waals surface area contributed by atoms with Gasteiger partial charge in [-0.05, 0) is 47.9 Å². The number of anilines is 3. The third-order valence-electron chi connectivity index (χ3n) is 3.06. The lowest BCUT2D eigenvalue weighted by Crippen LogP contribution is -1.96. The van der Waals surface area contributed by atoms with Crippen molar-refractivity contribution in [3.05, 3.63) is 53.6 Å². The van der Waals surface area contributed by atoms with Gasteiger partial charge >= 0.3 is 0 Å². The molecule has 0 spiro atoms. The van der Waals surface area contributed by atoms with Crippen LogP contribution in [0.5, 0.6) is 0 Å². The maximum Gasteiger partial charge on any atom is 0.0670 e. The summed E-state index contributed by atoms with van der Waals surface area (Å²) in [5.74, 6) is 0. The molecule has 3 nitrogen and oxygen atoms in total. The van der Waals surface area contributed by atoms with Gasteiger partial charge in [-0.2, -0.15) is 5.26 Å². The number of rotatable bonds is 4. The maximum atomic E-state index is 8.76. The Morgan fingerprint density at radius 3 is 2.42 bits per heavy atom. The Bertz CT molecular complexity index is 594. The highest BCUT2D eigenvalue weighted by Gasteiger charge is 2.01. The van der Waals surface area contributed by atoms with E-state index < -0.39 is 0 Å². The van der Waals surface area contributed by atoms with Gasteiger partial charge in [0.2, 0.25) is 0 Å². The summed E-state index contributed by atoms with van der Waals surface area (Å²) in [6, 6.07) is 16.1. The lowest BCUT2D eigenvalue weighted by molar-refractivity contribution is 1.14. The molecular weight excluding hydrogens is 234 g/mol. The number of nitrogen functional groups attached to an aromatic ring is 1. The maximum absolute atomic E-state index is 8.76. The number of nitrogens with two attached hydrogens (primary N) is 1. The number of hydrogen-bond acceptors (Lipinski definition) is 3. The number of nitrogens with zero attached hydrogens (tertiary/aromatic N) is 1. The van der Waals surface area contributed by atoms with Crippen molar-refractivity contribution in [3.63, 3.8) is 0 Å². The van der Waals surface area contributed by atoms with E-state index in [1.54, 1.807) is 0 Å². The van der Waals surface area contributed by atoms with E-state index in [2.05, 4.69) is 42.6 Å². The van der Waals surface area contributed by atoms with Crippen LogP contribution in [0, 0.1) is 11.3 Å². The molecule has 0 aliphatic carbocycles. The number of benzene rings is 2. The minimum atomic E-state index is 0.329. The Hall–Kier alpha value is -2.47. The minimum absolute atomic E-state index is 0.329. The van der Waals surface area contributed by atoms with Crippen molar-refractivity contribution in [2.45, 2.75) is 19.8 Å². The van der Waals surface area contributed by atoms with Crippen molar-refractivity contribution in [1.29, 1.82) is 5.26 Å². The van der Waals surface area contributed by atoms with Gasteiger partial charge in [-0.1, -0.05) is 19.1 Å². The Labute approximate surface area is 113 Å². The average Bonchev–Trinajstić information content (AvgIpc) is 2.44. The summed E-state index contributed by atoms with van der Waals surface area (Å²) >= 11 is 0. The van der Waals surface area contributed by atoms with Crippen LogP contribution in [0.1, 0.15) is 18.1 Å². The molecular formula is C16H17N3. The molecule has 0 bridgehead atoms. The molecule has 0 heterocycles. The molecule has 3 heteroatoms. The molecule has 0 amide bonds. The van der Waals surface area contributed by atoms with Gasteiger partial charge in [0.25, 0.3) is 0 Å². The SMILES string of the molecule is CCc1ccc(Nc2ccc(N)c(CC#N)c2)cc1. The van der Waals surface area contributed by atoms with Gasteiger partial charge in [-0.3, -0.25) is 0 Å². The van der Waals surface area contributed by atoms with Crippen molar-refractivity contribution in [3.8, 4) is 6.07 Å². The number of aryl methyl sites for hydroxylation is 1. The van der Waals surface area contributed by atoms with Crippen molar-refractivity contribution in [2.75, 3.05) is 11.1 Å². The molecule has 0 aromatic heterocycles. The molecule has 3 N–H and O–H groups in total. The van der Waals surface area contributed by atoms with Crippen LogP contribution in [-0.2, 0) is 12.8 Å². The predicted molar refractivity (Wildman–Crippen MR) is 79.3 cm³/mol. The fraction of sp³-hybridized carbons (Fsp3) is 0.188. The van der Waals surface area contributed by atoms with Crippen LogP contribution in [-0.4, -0.2) is 0 Å². The van der Waals surface area contributed by atoms with Crippen molar-refractivity contribution < 1.29 is 0 Å². The quantitative estimate of drug-likeness (QED) is 0.815. The zero-order valence-corrected chi connectivity index (χ0v) is 11.0. The first-order valence-corrected chi connectivity index (χ1v) is 6.34. The Morgan fingerprint density at radius 2 is 1.79 bits per heavy atom. The molecule has 0 radical (unpaired) electrons. The van der Waals surface area contributed by atoms with Crippen molar-refractivity contribution in [2.24, 2.45) is 0 Å². The van der Waals surface area contributed by atoms with Crippen LogP contribution < -0.4 is 11.1 Å². The topological polar surface area (TPSA) is 61.8 Å². The third kappa shape index (κ3) is 3.26. The van der Waals surface area contributed by atoms with E-state index in [0.29, 0.717) is 12.1 Å². The van der Waals surface area contributed by atoms with E-state index in [0.717, 1.165) is 23.4 Å². The van der Waals surface area contributed by atoms with Crippen LogP contribution in [0.2, 0.25) is 0 Å². The molecule has 0 aliphatic heterocycles. The van der Waals surface area contributed by atoms with Gasteiger partial charge in [-0.15, -0.1) is 0 Å². The summed E-state index contributed by atoms with van der Waals surface area (Å²) in [7, 11) is 0. The first kappa shape index (κ1) is 13.0. The highest BCUT2D eigenvalue weighted by molar-refractivity contribution is 5.64. The number of nitriles is 1. The Kier molecular flexibility index (Phi) is 4.04. The number of nitrogens with one attached hydrogen (secondary N) is 1. The summed E-state index contributed by atoms with van der Waals surface area (Å²) < 4.78 is 0. The van der Waals surface area contributed by atoms with E-state index in [1.807, 2.05) is 18.2 Å². The van der Waals surface area contributed by atoms with Gasteiger partial charge in [0.05, 0.1) is 12.5 Å². The first-order valence-electron chi connectivity index (χ1n) is 6.34. The average molecular weight is 251 g/mol. The minimum Gasteiger partial charge on any atom is -0.398 e. The van der Waals surface area contributed by atoms with Gasteiger partial charge in [0.15, 0.2) is 0 Å². The summed E-state index contributed by atoms with van der Waals surface area (Å²) in [6.45, 7) is 2.14. The summed E-state index contributed by atoms with van der Waals surface area (Å²) in [4.78, 5) is 0. The lowest BCUT2D eigenvalue weighted by atomic mass is 10.1. The molecule has 0 fully saturated rings. The van der Waals surface area contributed by atoms with Crippen LogP contribution in [0.15, 0.2) is 42.5 Å². The largest absolute Gasteiger partial charge is 0.398 e. The summed E-state index contributed by atoms with van der Waals surface area (Å²) in [5, 5.41) is 12.1. The second-order valence-electron chi connectivity index (χ2n) is 4.42. The highest BCUT2D eigenvalue weighted by atomic mass is 14.9. The lowest BCUT2D eigenvalue weighted by Gasteiger charge is -2.09. The van der Waals surface area contributed by atoms with Gasteiger partial charge in [0.1, 0.15) is 0 Å². The zero-order valence-electron chi connectivity index (χ0n) is 11.0. The summed E-state index contributed by atoms with van der Waals surface area (Å²) in [6.07, 6.45) is 1.37. The van der Waals surface area contributed by atoms with Crippen molar-refractivity contribution in [1.82, 2.24) is 0 Å². The number of hydrogen-bond donors (Lipinski definition) is 2. The molecule has 0 unspecified atom stereocenters. The monoisotopic (exact) mass is 251 g/mol. The Morgan fingerprint density at radius 1 is 1.11 bits per heavy atom. The highest BCUT2D eigenvalue weighted by Crippen LogP contribution is 2.22. The fourth-order valence-corrected chi connectivity index (χ4v) is 1.91. The standard InChI is InChI=1S/C16H17N3/c1-2-12-3-5-14(6-4-12)19-15-7-8-16(18)13(11-15)9-10-17/h3-8,11,19H,2,9,18H2,1H3. The second kappa shape index (κ2) is 5.92. The molecule has 2 rings (SSSR count). The molecule has 19 heavy (non-hydrogen) atoms. The van der Waals surface area contributed by atoms with Gasteiger partial charge in [0, 0.05) is 17.1 Å². The van der Waals surface area contributed by atoms with E-state index in [1.165, 1.54) is 5.56 Å². The molecule has 2 aromatic rings. The summed E-state index contributed by atoms with van der Waals surface area (Å²) in [5.41, 5.74) is 10.6. The van der Waals surface area contributed by atoms with Crippen molar-refractivity contribution >= 4 is 17.1 Å². The first-order chi connectivity index (χ1) is 9.22. The van der Waals surface area contributed by atoms with Gasteiger partial charge < -0.3 is 11.1 Å². The van der Waals surface area contributed by atoms with Crippen LogP contribution >= 0.6 is 0 Å². The van der Waals surface area contributed by atoms with E-state index in [-0.39, 0.29) is 0 Å². The van der Waals surface area contributed by atoms with E-state index >= 15 is 0 Å². The molecule has 0 atom stereocenters. The zero-order chi connectivity index (χ0) is 13.7. The van der Waals surface area contributed by atoms with Crippen LogP contribution in [0.4, 0.5) is 17.1 Å².